The number of rotatable bonds is 1. The summed E-state index contributed by atoms with van der Waals surface area (Å²) in [6.07, 6.45) is 6.94. The summed E-state index contributed by atoms with van der Waals surface area (Å²) < 4.78 is 0. The molecule has 0 aliphatic carbocycles. The van der Waals surface area contributed by atoms with Gasteiger partial charge in [-0.2, -0.15) is 0 Å². The van der Waals surface area contributed by atoms with Crippen LogP contribution in [-0.4, -0.2) is 35.0 Å². The Morgan fingerprint density at radius 1 is 1.18 bits per heavy atom. The van der Waals surface area contributed by atoms with E-state index >= 15 is 0 Å². The summed E-state index contributed by atoms with van der Waals surface area (Å²) in [5.41, 5.74) is -0.307. The van der Waals surface area contributed by atoms with Gasteiger partial charge in [0.1, 0.15) is 0 Å². The first-order chi connectivity index (χ1) is 8.04. The maximum atomic E-state index is 12.8. The molecule has 0 radical (unpaired) electrons. The highest BCUT2D eigenvalue weighted by Gasteiger charge is 2.41. The van der Waals surface area contributed by atoms with Gasteiger partial charge in [0.05, 0.1) is 5.54 Å². The minimum Gasteiger partial charge on any atom is -0.336 e. The summed E-state index contributed by atoms with van der Waals surface area (Å²) in [4.78, 5) is 14.9. The molecule has 0 saturated carbocycles. The minimum atomic E-state index is -0.307. The maximum Gasteiger partial charge on any atom is 0.243 e. The van der Waals surface area contributed by atoms with Gasteiger partial charge in [-0.05, 0) is 65.8 Å². The van der Waals surface area contributed by atoms with E-state index in [9.17, 15) is 4.79 Å². The SMILES string of the molecule is C[C@@H]1CCC[C@H](C)N1C(=O)C1(C)CCCCN1. The van der Waals surface area contributed by atoms with Gasteiger partial charge in [-0.3, -0.25) is 4.79 Å². The molecule has 3 heteroatoms. The molecular weight excluding hydrogens is 212 g/mol. The van der Waals surface area contributed by atoms with E-state index in [0.29, 0.717) is 18.0 Å². The van der Waals surface area contributed by atoms with E-state index in [1.54, 1.807) is 0 Å². The molecule has 2 saturated heterocycles. The summed E-state index contributed by atoms with van der Waals surface area (Å²) in [7, 11) is 0. The van der Waals surface area contributed by atoms with Crippen molar-refractivity contribution in [2.45, 2.75) is 76.9 Å². The molecule has 2 rings (SSSR count). The fourth-order valence-corrected chi connectivity index (χ4v) is 3.35. The van der Waals surface area contributed by atoms with E-state index in [1.807, 2.05) is 0 Å². The lowest BCUT2D eigenvalue weighted by molar-refractivity contribution is -0.145. The molecule has 98 valence electrons. The predicted octanol–water partition coefficient (Wildman–Crippen LogP) is 2.31. The van der Waals surface area contributed by atoms with Gasteiger partial charge in [-0.15, -0.1) is 0 Å². The van der Waals surface area contributed by atoms with E-state index in [-0.39, 0.29) is 5.54 Å². The lowest BCUT2D eigenvalue weighted by atomic mass is 9.86. The van der Waals surface area contributed by atoms with Crippen LogP contribution in [0.25, 0.3) is 0 Å². The Bertz CT molecular complexity index is 274. The fraction of sp³-hybridized carbons (Fsp3) is 0.929. The highest BCUT2D eigenvalue weighted by molar-refractivity contribution is 5.86. The highest BCUT2D eigenvalue weighted by atomic mass is 16.2. The number of hydrogen-bond donors (Lipinski definition) is 1. The Labute approximate surface area is 105 Å². The molecule has 0 aromatic rings. The molecule has 2 aliphatic heterocycles. The van der Waals surface area contributed by atoms with Gasteiger partial charge in [-0.1, -0.05) is 0 Å². The third-order valence-corrected chi connectivity index (χ3v) is 4.52. The number of nitrogens with zero attached hydrogens (tertiary/aromatic N) is 1. The Balaban J connectivity index is 2.11. The predicted molar refractivity (Wildman–Crippen MR) is 69.9 cm³/mol. The Morgan fingerprint density at radius 3 is 2.35 bits per heavy atom. The average molecular weight is 238 g/mol. The number of amides is 1. The standard InChI is InChI=1S/C14H26N2O/c1-11-7-6-8-12(2)16(11)13(17)14(3)9-4-5-10-15-14/h11-12,15H,4-10H2,1-3H3/t11-,12+,14?. The lowest BCUT2D eigenvalue weighted by Crippen LogP contribution is -2.62. The molecule has 1 amide bonds. The quantitative estimate of drug-likeness (QED) is 0.760. The monoisotopic (exact) mass is 238 g/mol. The van der Waals surface area contributed by atoms with Crippen LogP contribution >= 0.6 is 0 Å². The van der Waals surface area contributed by atoms with Crippen molar-refractivity contribution in [3.8, 4) is 0 Å². The third-order valence-electron chi connectivity index (χ3n) is 4.52. The number of nitrogens with one attached hydrogen (secondary N) is 1. The smallest absolute Gasteiger partial charge is 0.243 e. The topological polar surface area (TPSA) is 32.3 Å². The molecule has 3 nitrogen and oxygen atoms in total. The van der Waals surface area contributed by atoms with Crippen molar-refractivity contribution in [3.05, 3.63) is 0 Å². The molecule has 0 bridgehead atoms. The average Bonchev–Trinajstić information content (AvgIpc) is 2.29. The Hall–Kier alpha value is -0.570. The molecule has 0 aromatic heterocycles. The van der Waals surface area contributed by atoms with Gasteiger partial charge >= 0.3 is 0 Å². The second-order valence-electron chi connectivity index (χ2n) is 6.06. The van der Waals surface area contributed by atoms with Crippen LogP contribution in [0.3, 0.4) is 0 Å². The lowest BCUT2D eigenvalue weighted by Gasteiger charge is -2.45. The third kappa shape index (κ3) is 2.49. The second kappa shape index (κ2) is 4.97. The van der Waals surface area contributed by atoms with E-state index in [0.717, 1.165) is 25.8 Å². The highest BCUT2D eigenvalue weighted by Crippen LogP contribution is 2.28. The van der Waals surface area contributed by atoms with Crippen molar-refractivity contribution in [1.82, 2.24) is 10.2 Å². The normalized spacial score (nSPS) is 39.1. The molecule has 2 heterocycles. The van der Waals surface area contributed by atoms with Crippen LogP contribution in [0, 0.1) is 0 Å². The first-order valence-corrected chi connectivity index (χ1v) is 7.12. The van der Waals surface area contributed by atoms with Gasteiger partial charge in [0.15, 0.2) is 0 Å². The summed E-state index contributed by atoms with van der Waals surface area (Å²) in [5.74, 6) is 0.330. The number of carbonyl (C=O) groups excluding carboxylic acids is 1. The minimum absolute atomic E-state index is 0.307. The summed E-state index contributed by atoms with van der Waals surface area (Å²) in [6.45, 7) is 7.46. The summed E-state index contributed by atoms with van der Waals surface area (Å²) >= 11 is 0. The van der Waals surface area contributed by atoms with E-state index in [4.69, 9.17) is 0 Å². The number of likely N-dealkylation sites (tertiary alicyclic amines) is 1. The van der Waals surface area contributed by atoms with Crippen LogP contribution in [0.1, 0.15) is 59.3 Å². The van der Waals surface area contributed by atoms with Gasteiger partial charge < -0.3 is 10.2 Å². The zero-order chi connectivity index (χ0) is 12.5. The van der Waals surface area contributed by atoms with Gasteiger partial charge in [0, 0.05) is 12.1 Å². The van der Waals surface area contributed by atoms with E-state index in [1.165, 1.54) is 19.3 Å². The van der Waals surface area contributed by atoms with Crippen molar-refractivity contribution in [2.24, 2.45) is 0 Å². The molecule has 3 atom stereocenters. The van der Waals surface area contributed by atoms with E-state index < -0.39 is 0 Å². The van der Waals surface area contributed by atoms with Crippen LogP contribution in [-0.2, 0) is 4.79 Å². The van der Waals surface area contributed by atoms with E-state index in [2.05, 4.69) is 31.0 Å². The van der Waals surface area contributed by atoms with Crippen molar-refractivity contribution in [2.75, 3.05) is 6.54 Å². The zero-order valence-corrected chi connectivity index (χ0v) is 11.5. The van der Waals surface area contributed by atoms with Gasteiger partial charge in [0.2, 0.25) is 5.91 Å². The maximum absolute atomic E-state index is 12.8. The van der Waals surface area contributed by atoms with Gasteiger partial charge in [-0.25, -0.2) is 0 Å². The van der Waals surface area contributed by atoms with Crippen molar-refractivity contribution in [3.63, 3.8) is 0 Å². The molecule has 1 N–H and O–H groups in total. The zero-order valence-electron chi connectivity index (χ0n) is 11.5. The Morgan fingerprint density at radius 2 is 1.82 bits per heavy atom. The largest absolute Gasteiger partial charge is 0.336 e. The molecule has 17 heavy (non-hydrogen) atoms. The van der Waals surface area contributed by atoms with Crippen LogP contribution in [0.5, 0.6) is 0 Å². The molecule has 0 spiro atoms. The fourth-order valence-electron chi connectivity index (χ4n) is 3.35. The molecule has 0 aromatic carbocycles. The van der Waals surface area contributed by atoms with Crippen molar-refractivity contribution >= 4 is 5.91 Å². The van der Waals surface area contributed by atoms with Crippen LogP contribution in [0.4, 0.5) is 0 Å². The molecular formula is C14H26N2O. The molecule has 2 fully saturated rings. The van der Waals surface area contributed by atoms with Crippen molar-refractivity contribution in [1.29, 1.82) is 0 Å². The van der Waals surface area contributed by atoms with Crippen LogP contribution in [0.15, 0.2) is 0 Å². The van der Waals surface area contributed by atoms with Gasteiger partial charge in [0.25, 0.3) is 0 Å². The molecule has 2 aliphatic rings. The summed E-state index contributed by atoms with van der Waals surface area (Å²) in [5, 5.41) is 3.44. The molecule has 1 unspecified atom stereocenters. The van der Waals surface area contributed by atoms with Crippen LogP contribution < -0.4 is 5.32 Å². The number of piperidine rings is 2. The number of hydrogen-bond acceptors (Lipinski definition) is 2. The number of carbonyl (C=O) groups is 1. The van der Waals surface area contributed by atoms with Crippen molar-refractivity contribution < 1.29 is 4.79 Å². The first-order valence-electron chi connectivity index (χ1n) is 7.12. The second-order valence-corrected chi connectivity index (χ2v) is 6.06. The Kier molecular flexibility index (Phi) is 3.76. The first kappa shape index (κ1) is 12.9. The van der Waals surface area contributed by atoms with Crippen LogP contribution in [0.2, 0.25) is 0 Å². The summed E-state index contributed by atoms with van der Waals surface area (Å²) in [6, 6.07) is 0.818.